The van der Waals surface area contributed by atoms with Gasteiger partial charge in [-0.05, 0) is 38.3 Å². The normalized spacial score (nSPS) is 23.0. The molecule has 2 aliphatic rings. The zero-order valence-corrected chi connectivity index (χ0v) is 17.4. The average molecular weight is 402 g/mol. The number of carbonyl (C=O) groups is 3. The standard InChI is InChI=1S/C22H31N3O4/c1-3-29-20-11-5-4-8-18(20)22(28)24-13-7-14-25(16(2)26)19-10-6-9-17(19)21(27)23-12-15-24/h4-5,8,11,17,19H,3,6-7,9-10,12-15H2,1-2H3,(H,23,27)/t17-,19+/m1/s1. The van der Waals surface area contributed by atoms with Crippen molar-refractivity contribution in [3.05, 3.63) is 29.8 Å². The van der Waals surface area contributed by atoms with Crippen molar-refractivity contribution in [3.63, 3.8) is 0 Å². The summed E-state index contributed by atoms with van der Waals surface area (Å²) in [6, 6.07) is 7.20. The van der Waals surface area contributed by atoms with Gasteiger partial charge in [0.05, 0.1) is 18.1 Å². The van der Waals surface area contributed by atoms with Crippen molar-refractivity contribution in [2.24, 2.45) is 5.92 Å². The molecule has 1 aromatic carbocycles. The van der Waals surface area contributed by atoms with E-state index in [9.17, 15) is 14.4 Å². The summed E-state index contributed by atoms with van der Waals surface area (Å²) in [6.45, 7) is 5.85. The minimum absolute atomic E-state index is 0.00600. The summed E-state index contributed by atoms with van der Waals surface area (Å²) in [5, 5.41) is 2.99. The summed E-state index contributed by atoms with van der Waals surface area (Å²) in [4.78, 5) is 41.7. The van der Waals surface area contributed by atoms with Crippen LogP contribution in [0.25, 0.3) is 0 Å². The molecule has 3 rings (SSSR count). The molecule has 2 fully saturated rings. The maximum atomic E-state index is 13.2. The molecule has 1 saturated carbocycles. The summed E-state index contributed by atoms with van der Waals surface area (Å²) in [5.41, 5.74) is 0.524. The van der Waals surface area contributed by atoms with E-state index in [1.54, 1.807) is 24.0 Å². The van der Waals surface area contributed by atoms with E-state index in [0.717, 1.165) is 19.3 Å². The number of hydrogen-bond donors (Lipinski definition) is 1. The van der Waals surface area contributed by atoms with Crippen LogP contribution in [0.1, 0.15) is 49.9 Å². The monoisotopic (exact) mass is 401 g/mol. The first-order valence-electron chi connectivity index (χ1n) is 10.6. The smallest absolute Gasteiger partial charge is 0.257 e. The van der Waals surface area contributed by atoms with Gasteiger partial charge in [-0.3, -0.25) is 14.4 Å². The lowest BCUT2D eigenvalue weighted by Gasteiger charge is -2.32. The third-order valence-electron chi connectivity index (χ3n) is 5.83. The molecule has 158 valence electrons. The number of benzene rings is 1. The second-order valence-electron chi connectivity index (χ2n) is 7.68. The lowest BCUT2D eigenvalue weighted by atomic mass is 10.0. The summed E-state index contributed by atoms with van der Waals surface area (Å²) < 4.78 is 5.62. The summed E-state index contributed by atoms with van der Waals surface area (Å²) in [5.74, 6) is 0.284. The molecule has 7 nitrogen and oxygen atoms in total. The van der Waals surface area contributed by atoms with E-state index in [1.807, 2.05) is 24.0 Å². The number of hydrogen-bond acceptors (Lipinski definition) is 4. The highest BCUT2D eigenvalue weighted by Crippen LogP contribution is 2.31. The summed E-state index contributed by atoms with van der Waals surface area (Å²) in [6.07, 6.45) is 3.32. The largest absolute Gasteiger partial charge is 0.493 e. The number of ether oxygens (including phenoxy) is 1. The Hall–Kier alpha value is -2.57. The molecule has 1 aliphatic heterocycles. The highest BCUT2D eigenvalue weighted by molar-refractivity contribution is 5.97. The Labute approximate surface area is 172 Å². The fourth-order valence-electron chi connectivity index (χ4n) is 4.46. The van der Waals surface area contributed by atoms with Gasteiger partial charge in [0.15, 0.2) is 0 Å². The lowest BCUT2D eigenvalue weighted by molar-refractivity contribution is -0.134. The van der Waals surface area contributed by atoms with Crippen molar-refractivity contribution < 1.29 is 19.1 Å². The van der Waals surface area contributed by atoms with Crippen LogP contribution in [-0.4, -0.2) is 66.3 Å². The van der Waals surface area contributed by atoms with E-state index in [2.05, 4.69) is 5.32 Å². The van der Waals surface area contributed by atoms with Crippen LogP contribution in [0.4, 0.5) is 0 Å². The molecule has 1 N–H and O–H groups in total. The Morgan fingerprint density at radius 1 is 1.14 bits per heavy atom. The van der Waals surface area contributed by atoms with Crippen molar-refractivity contribution in [1.29, 1.82) is 0 Å². The number of nitrogens with zero attached hydrogens (tertiary/aromatic N) is 2. The third-order valence-corrected chi connectivity index (χ3v) is 5.83. The Bertz CT molecular complexity index is 751. The van der Waals surface area contributed by atoms with Gasteiger partial charge in [-0.25, -0.2) is 0 Å². The fourth-order valence-corrected chi connectivity index (χ4v) is 4.46. The molecule has 2 atom stereocenters. The SMILES string of the molecule is CCOc1ccccc1C(=O)N1CCCN(C(C)=O)[C@H]2CCC[C@H]2C(=O)NCC1. The molecular weight excluding hydrogens is 370 g/mol. The van der Waals surface area contributed by atoms with Gasteiger partial charge in [0, 0.05) is 39.1 Å². The van der Waals surface area contributed by atoms with Gasteiger partial charge in [-0.2, -0.15) is 0 Å². The van der Waals surface area contributed by atoms with Crippen LogP contribution >= 0.6 is 0 Å². The van der Waals surface area contributed by atoms with Crippen LogP contribution in [-0.2, 0) is 9.59 Å². The molecule has 3 amide bonds. The molecule has 0 unspecified atom stereocenters. The molecule has 1 heterocycles. The maximum absolute atomic E-state index is 13.2. The van der Waals surface area contributed by atoms with E-state index in [-0.39, 0.29) is 29.7 Å². The molecule has 0 aromatic heterocycles. The van der Waals surface area contributed by atoms with Crippen molar-refractivity contribution in [1.82, 2.24) is 15.1 Å². The van der Waals surface area contributed by atoms with Crippen LogP contribution in [0, 0.1) is 5.92 Å². The van der Waals surface area contributed by atoms with Gasteiger partial charge in [0.25, 0.3) is 5.91 Å². The van der Waals surface area contributed by atoms with Crippen LogP contribution in [0.5, 0.6) is 5.75 Å². The molecule has 1 aliphatic carbocycles. The topological polar surface area (TPSA) is 79.0 Å². The minimum atomic E-state index is -0.153. The first-order valence-corrected chi connectivity index (χ1v) is 10.6. The van der Waals surface area contributed by atoms with E-state index in [0.29, 0.717) is 50.5 Å². The predicted octanol–water partition coefficient (Wildman–Crippen LogP) is 2.06. The predicted molar refractivity (Wildman–Crippen MR) is 110 cm³/mol. The van der Waals surface area contributed by atoms with Crippen LogP contribution < -0.4 is 10.1 Å². The van der Waals surface area contributed by atoms with E-state index in [4.69, 9.17) is 4.74 Å². The number of amides is 3. The number of rotatable bonds is 3. The highest BCUT2D eigenvalue weighted by Gasteiger charge is 2.38. The molecule has 29 heavy (non-hydrogen) atoms. The molecule has 7 heteroatoms. The quantitative estimate of drug-likeness (QED) is 0.841. The van der Waals surface area contributed by atoms with E-state index in [1.165, 1.54) is 0 Å². The van der Waals surface area contributed by atoms with Gasteiger partial charge >= 0.3 is 0 Å². The molecule has 0 spiro atoms. The van der Waals surface area contributed by atoms with Gasteiger partial charge in [-0.1, -0.05) is 18.6 Å². The van der Waals surface area contributed by atoms with Crippen LogP contribution in [0.3, 0.4) is 0 Å². The van der Waals surface area contributed by atoms with Crippen LogP contribution in [0.15, 0.2) is 24.3 Å². The number of carbonyl (C=O) groups excluding carboxylic acids is 3. The fraction of sp³-hybridized carbons (Fsp3) is 0.591. The van der Waals surface area contributed by atoms with E-state index >= 15 is 0 Å². The molecule has 1 aromatic rings. The first-order chi connectivity index (χ1) is 14.0. The molecule has 0 bridgehead atoms. The van der Waals surface area contributed by atoms with Crippen LogP contribution in [0.2, 0.25) is 0 Å². The second kappa shape index (κ2) is 9.76. The Morgan fingerprint density at radius 3 is 2.69 bits per heavy atom. The minimum Gasteiger partial charge on any atom is -0.493 e. The second-order valence-corrected chi connectivity index (χ2v) is 7.68. The van der Waals surface area contributed by atoms with Crippen molar-refractivity contribution in [3.8, 4) is 5.75 Å². The zero-order valence-electron chi connectivity index (χ0n) is 17.4. The summed E-state index contributed by atoms with van der Waals surface area (Å²) >= 11 is 0. The lowest BCUT2D eigenvalue weighted by Crippen LogP contribution is -2.46. The van der Waals surface area contributed by atoms with Crippen molar-refractivity contribution in [2.75, 3.05) is 32.8 Å². The van der Waals surface area contributed by atoms with Gasteiger partial charge in [0.2, 0.25) is 11.8 Å². The molecular formula is C22H31N3O4. The van der Waals surface area contributed by atoms with Gasteiger partial charge in [-0.15, -0.1) is 0 Å². The Kier molecular flexibility index (Phi) is 7.12. The Balaban J connectivity index is 1.78. The van der Waals surface area contributed by atoms with Crippen molar-refractivity contribution in [2.45, 2.75) is 45.6 Å². The molecule has 1 saturated heterocycles. The average Bonchev–Trinajstić information content (AvgIpc) is 3.18. The number of nitrogens with one attached hydrogen (secondary N) is 1. The first kappa shape index (κ1) is 21.1. The third kappa shape index (κ3) is 4.89. The maximum Gasteiger partial charge on any atom is 0.257 e. The van der Waals surface area contributed by atoms with Crippen molar-refractivity contribution >= 4 is 17.7 Å². The highest BCUT2D eigenvalue weighted by atomic mass is 16.5. The van der Waals surface area contributed by atoms with E-state index < -0.39 is 0 Å². The zero-order chi connectivity index (χ0) is 20.8. The summed E-state index contributed by atoms with van der Waals surface area (Å²) in [7, 11) is 0. The number of para-hydroxylation sites is 1. The van der Waals surface area contributed by atoms with Gasteiger partial charge in [0.1, 0.15) is 5.75 Å². The Morgan fingerprint density at radius 2 is 1.93 bits per heavy atom. The molecule has 0 radical (unpaired) electrons. The number of fused-ring (bicyclic) bond motifs is 1. The van der Waals surface area contributed by atoms with Gasteiger partial charge < -0.3 is 19.9 Å².